The fourth-order valence-electron chi connectivity index (χ4n) is 1.40. The number of esters is 1. The fraction of sp³-hybridized carbons (Fsp3) is 0.667. The summed E-state index contributed by atoms with van der Waals surface area (Å²) in [7, 11) is 1.70. The first-order chi connectivity index (χ1) is 8.76. The number of ether oxygens (including phenoxy) is 2. The van der Waals surface area contributed by atoms with Gasteiger partial charge < -0.3 is 14.8 Å². The van der Waals surface area contributed by atoms with Crippen LogP contribution in [0.15, 0.2) is 5.38 Å². The predicted molar refractivity (Wildman–Crippen MR) is 72.1 cm³/mol. The van der Waals surface area contributed by atoms with Crippen LogP contribution in [0, 0.1) is 0 Å². The van der Waals surface area contributed by atoms with Gasteiger partial charge in [0.1, 0.15) is 0 Å². The van der Waals surface area contributed by atoms with Crippen molar-refractivity contribution in [3.8, 4) is 0 Å². The van der Waals surface area contributed by atoms with E-state index in [1.54, 1.807) is 14.0 Å². The van der Waals surface area contributed by atoms with Gasteiger partial charge in [0.25, 0.3) is 0 Å². The highest BCUT2D eigenvalue weighted by Gasteiger charge is 2.07. The molecular weight excluding hydrogens is 252 g/mol. The van der Waals surface area contributed by atoms with E-state index in [1.165, 1.54) is 11.3 Å². The highest BCUT2D eigenvalue weighted by Crippen LogP contribution is 2.16. The molecule has 0 spiro atoms. The lowest BCUT2D eigenvalue weighted by Crippen LogP contribution is -2.08. The Morgan fingerprint density at radius 2 is 2.33 bits per heavy atom. The van der Waals surface area contributed by atoms with Crippen LogP contribution in [0.4, 0.5) is 5.13 Å². The van der Waals surface area contributed by atoms with Gasteiger partial charge >= 0.3 is 5.97 Å². The molecule has 18 heavy (non-hydrogen) atoms. The molecule has 6 heteroatoms. The number of hydrogen-bond acceptors (Lipinski definition) is 6. The summed E-state index contributed by atoms with van der Waals surface area (Å²) in [5.41, 5.74) is 0.762. The maximum absolute atomic E-state index is 11.3. The average Bonchev–Trinajstić information content (AvgIpc) is 2.77. The number of unbranched alkanes of at least 4 members (excludes halogenated alkanes) is 1. The Balaban J connectivity index is 2.23. The lowest BCUT2D eigenvalue weighted by Gasteiger charge is -2.02. The molecule has 1 heterocycles. The zero-order valence-electron chi connectivity index (χ0n) is 10.9. The van der Waals surface area contributed by atoms with Gasteiger partial charge in [0.15, 0.2) is 5.13 Å². The second kappa shape index (κ2) is 8.88. The molecule has 0 fully saturated rings. The summed E-state index contributed by atoms with van der Waals surface area (Å²) in [6.45, 7) is 3.86. The zero-order chi connectivity index (χ0) is 13.2. The van der Waals surface area contributed by atoms with Gasteiger partial charge in [0, 0.05) is 25.6 Å². The van der Waals surface area contributed by atoms with E-state index in [9.17, 15) is 4.79 Å². The lowest BCUT2D eigenvalue weighted by atomic mass is 10.3. The Morgan fingerprint density at radius 1 is 1.50 bits per heavy atom. The van der Waals surface area contributed by atoms with Crippen LogP contribution in [-0.4, -0.2) is 37.8 Å². The van der Waals surface area contributed by atoms with Crippen LogP contribution in [0.1, 0.15) is 25.5 Å². The van der Waals surface area contributed by atoms with E-state index in [0.717, 1.165) is 36.8 Å². The van der Waals surface area contributed by atoms with E-state index in [1.807, 2.05) is 5.38 Å². The van der Waals surface area contributed by atoms with E-state index in [4.69, 9.17) is 9.47 Å². The van der Waals surface area contributed by atoms with Crippen LogP contribution < -0.4 is 5.32 Å². The summed E-state index contributed by atoms with van der Waals surface area (Å²) >= 11 is 1.51. The third kappa shape index (κ3) is 5.97. The highest BCUT2D eigenvalue weighted by molar-refractivity contribution is 7.13. The van der Waals surface area contributed by atoms with Crippen molar-refractivity contribution in [3.05, 3.63) is 11.1 Å². The quantitative estimate of drug-likeness (QED) is 0.551. The number of nitrogens with zero attached hydrogens (tertiary/aromatic N) is 1. The molecule has 0 saturated heterocycles. The van der Waals surface area contributed by atoms with Crippen molar-refractivity contribution in [2.45, 2.75) is 26.2 Å². The van der Waals surface area contributed by atoms with Crippen molar-refractivity contribution >= 4 is 22.4 Å². The van der Waals surface area contributed by atoms with Crippen molar-refractivity contribution in [1.82, 2.24) is 4.98 Å². The highest BCUT2D eigenvalue weighted by atomic mass is 32.1. The summed E-state index contributed by atoms with van der Waals surface area (Å²) < 4.78 is 9.84. The predicted octanol–water partition coefficient (Wildman–Crippen LogP) is 2.09. The van der Waals surface area contributed by atoms with Crippen LogP contribution in [0.25, 0.3) is 0 Å². The summed E-state index contributed by atoms with van der Waals surface area (Å²) in [5.74, 6) is -0.227. The number of thiazole rings is 1. The number of carbonyl (C=O) groups is 1. The molecule has 5 nitrogen and oxygen atoms in total. The third-order valence-corrected chi connectivity index (χ3v) is 3.08. The maximum atomic E-state index is 11.3. The second-order valence-corrected chi connectivity index (χ2v) is 4.61. The lowest BCUT2D eigenvalue weighted by molar-refractivity contribution is -0.142. The molecule has 102 valence electrons. The largest absolute Gasteiger partial charge is 0.466 e. The first-order valence-corrected chi connectivity index (χ1v) is 6.97. The Bertz CT molecular complexity index is 355. The second-order valence-electron chi connectivity index (χ2n) is 3.75. The standard InChI is InChI=1S/C12H20N2O3S/c1-3-17-11(15)8-10-9-18-12(14-10)13-6-4-5-7-16-2/h9H,3-8H2,1-2H3,(H,13,14). The molecule has 0 amide bonds. The van der Waals surface area contributed by atoms with Crippen LogP contribution in [0.2, 0.25) is 0 Å². The van der Waals surface area contributed by atoms with Gasteiger partial charge in [-0.15, -0.1) is 11.3 Å². The first kappa shape index (κ1) is 14.9. The van der Waals surface area contributed by atoms with Gasteiger partial charge in [0.05, 0.1) is 18.7 Å². The Morgan fingerprint density at radius 3 is 3.06 bits per heavy atom. The van der Waals surface area contributed by atoms with Crippen molar-refractivity contribution in [3.63, 3.8) is 0 Å². The minimum atomic E-state index is -0.227. The molecule has 1 rings (SSSR count). The van der Waals surface area contributed by atoms with Gasteiger partial charge in [-0.3, -0.25) is 4.79 Å². The van der Waals surface area contributed by atoms with Gasteiger partial charge in [-0.1, -0.05) is 0 Å². The number of rotatable bonds is 9. The molecular formula is C12H20N2O3S. The molecule has 1 aromatic rings. The van der Waals surface area contributed by atoms with Gasteiger partial charge in [-0.2, -0.15) is 0 Å². The molecule has 0 radical (unpaired) electrons. The molecule has 0 unspecified atom stereocenters. The maximum Gasteiger partial charge on any atom is 0.311 e. The minimum Gasteiger partial charge on any atom is -0.466 e. The van der Waals surface area contributed by atoms with Crippen molar-refractivity contribution in [2.75, 3.05) is 32.2 Å². The number of nitrogens with one attached hydrogen (secondary N) is 1. The molecule has 1 aromatic heterocycles. The van der Waals surface area contributed by atoms with Crippen molar-refractivity contribution < 1.29 is 14.3 Å². The van der Waals surface area contributed by atoms with Gasteiger partial charge in [-0.05, 0) is 19.8 Å². The molecule has 0 aliphatic heterocycles. The van der Waals surface area contributed by atoms with Crippen LogP contribution in [0.3, 0.4) is 0 Å². The summed E-state index contributed by atoms with van der Waals surface area (Å²) in [6.07, 6.45) is 2.32. The smallest absolute Gasteiger partial charge is 0.311 e. The Labute approximate surface area is 112 Å². The normalized spacial score (nSPS) is 10.3. The molecule has 0 aliphatic rings. The Kier molecular flexibility index (Phi) is 7.36. The Hall–Kier alpha value is -1.14. The number of methoxy groups -OCH3 is 1. The van der Waals surface area contributed by atoms with Crippen LogP contribution in [0.5, 0.6) is 0 Å². The fourth-order valence-corrected chi connectivity index (χ4v) is 2.14. The first-order valence-electron chi connectivity index (χ1n) is 6.09. The number of aromatic nitrogens is 1. The molecule has 1 N–H and O–H groups in total. The number of anilines is 1. The molecule has 0 aromatic carbocycles. The molecule has 0 bridgehead atoms. The van der Waals surface area contributed by atoms with Gasteiger partial charge in [0.2, 0.25) is 0 Å². The monoisotopic (exact) mass is 272 g/mol. The van der Waals surface area contributed by atoms with E-state index < -0.39 is 0 Å². The van der Waals surface area contributed by atoms with E-state index in [0.29, 0.717) is 6.61 Å². The molecule has 0 aliphatic carbocycles. The zero-order valence-corrected chi connectivity index (χ0v) is 11.7. The summed E-state index contributed by atoms with van der Waals surface area (Å²) in [5, 5.41) is 5.97. The topological polar surface area (TPSA) is 60.5 Å². The molecule has 0 atom stereocenters. The average molecular weight is 272 g/mol. The van der Waals surface area contributed by atoms with E-state index in [-0.39, 0.29) is 12.4 Å². The van der Waals surface area contributed by atoms with Crippen LogP contribution in [-0.2, 0) is 20.7 Å². The van der Waals surface area contributed by atoms with Crippen LogP contribution >= 0.6 is 11.3 Å². The van der Waals surface area contributed by atoms with Crippen molar-refractivity contribution in [2.24, 2.45) is 0 Å². The minimum absolute atomic E-state index is 0.227. The number of carbonyl (C=O) groups excluding carboxylic acids is 1. The summed E-state index contributed by atoms with van der Waals surface area (Å²) in [6, 6.07) is 0. The van der Waals surface area contributed by atoms with E-state index >= 15 is 0 Å². The number of hydrogen-bond donors (Lipinski definition) is 1. The van der Waals surface area contributed by atoms with Gasteiger partial charge in [-0.25, -0.2) is 4.98 Å². The van der Waals surface area contributed by atoms with E-state index in [2.05, 4.69) is 10.3 Å². The third-order valence-electron chi connectivity index (χ3n) is 2.23. The SMILES string of the molecule is CCOC(=O)Cc1csc(NCCCCOC)n1. The summed E-state index contributed by atoms with van der Waals surface area (Å²) in [4.78, 5) is 15.6. The molecule has 0 saturated carbocycles. The van der Waals surface area contributed by atoms with Crippen molar-refractivity contribution in [1.29, 1.82) is 0 Å².